The Hall–Kier alpha value is -1.12. The molecule has 0 aromatic carbocycles. The maximum atomic E-state index is 11.6. The molecule has 0 aromatic rings. The molecule has 90 valence electrons. The molecule has 0 aliphatic heterocycles. The molecule has 1 aliphatic carbocycles. The zero-order valence-electron chi connectivity index (χ0n) is 10.7. The third kappa shape index (κ3) is 2.71. The first kappa shape index (κ1) is 12.9. The number of Topliss-reactive ketones (excluding diaryl/α,β-unsaturated/α-hetero) is 1. The quantitative estimate of drug-likeness (QED) is 0.534. The van der Waals surface area contributed by atoms with Crippen molar-refractivity contribution < 1.29 is 14.3 Å². The zero-order valence-corrected chi connectivity index (χ0v) is 10.7. The summed E-state index contributed by atoms with van der Waals surface area (Å²) in [6, 6.07) is 0. The first-order valence-corrected chi connectivity index (χ1v) is 5.60. The monoisotopic (exact) mass is 224 g/mol. The summed E-state index contributed by atoms with van der Waals surface area (Å²) in [4.78, 5) is 22.5. The summed E-state index contributed by atoms with van der Waals surface area (Å²) in [5, 5.41) is 0. The van der Waals surface area contributed by atoms with Gasteiger partial charge in [-0.1, -0.05) is 19.4 Å². The van der Waals surface area contributed by atoms with Gasteiger partial charge in [-0.3, -0.25) is 9.59 Å². The smallest absolute Gasteiger partial charge is 0.303 e. The molecule has 0 N–H and O–H groups in total. The maximum absolute atomic E-state index is 11.6. The van der Waals surface area contributed by atoms with E-state index in [1.165, 1.54) is 6.92 Å². The third-order valence-electron chi connectivity index (χ3n) is 3.14. The van der Waals surface area contributed by atoms with E-state index in [9.17, 15) is 9.59 Å². The molecule has 0 radical (unpaired) electrons. The van der Waals surface area contributed by atoms with Gasteiger partial charge in [0.15, 0.2) is 0 Å². The van der Waals surface area contributed by atoms with Crippen LogP contribution in [0.25, 0.3) is 0 Å². The average molecular weight is 224 g/mol. The lowest BCUT2D eigenvalue weighted by molar-refractivity contribution is -0.146. The Bertz CT molecular complexity index is 339. The summed E-state index contributed by atoms with van der Waals surface area (Å²) in [5.41, 5.74) is 0.861. The number of hydrogen-bond donors (Lipinski definition) is 0. The van der Waals surface area contributed by atoms with Gasteiger partial charge in [-0.25, -0.2) is 0 Å². The molecule has 0 spiro atoms. The molecule has 0 saturated heterocycles. The molecule has 0 amide bonds. The summed E-state index contributed by atoms with van der Waals surface area (Å²) in [6.45, 7) is 9.06. The first-order chi connectivity index (χ1) is 7.24. The molecule has 1 rings (SSSR count). The second-order valence-electron chi connectivity index (χ2n) is 5.29. The maximum Gasteiger partial charge on any atom is 0.303 e. The Balaban J connectivity index is 2.96. The fourth-order valence-electron chi connectivity index (χ4n) is 2.86. The van der Waals surface area contributed by atoms with Gasteiger partial charge in [0.1, 0.15) is 11.9 Å². The molecule has 0 bridgehead atoms. The van der Waals surface area contributed by atoms with Crippen molar-refractivity contribution in [2.24, 2.45) is 11.3 Å². The van der Waals surface area contributed by atoms with E-state index in [2.05, 4.69) is 0 Å². The second kappa shape index (κ2) is 4.40. The Morgan fingerprint density at radius 3 is 2.31 bits per heavy atom. The SMILES string of the molecule is CC(=O)OC1C=C(C)[C@@H](C(C)=O)C(C)(C)C1. The van der Waals surface area contributed by atoms with Crippen LogP contribution in [0.2, 0.25) is 0 Å². The fourth-order valence-corrected chi connectivity index (χ4v) is 2.86. The average Bonchev–Trinajstić information content (AvgIpc) is 1.96. The van der Waals surface area contributed by atoms with Crippen molar-refractivity contribution in [3.05, 3.63) is 11.6 Å². The van der Waals surface area contributed by atoms with E-state index >= 15 is 0 Å². The van der Waals surface area contributed by atoms with Crippen molar-refractivity contribution in [3.63, 3.8) is 0 Å². The Morgan fingerprint density at radius 2 is 1.94 bits per heavy atom. The molecule has 2 atom stereocenters. The highest BCUT2D eigenvalue weighted by Gasteiger charge is 2.40. The van der Waals surface area contributed by atoms with Gasteiger partial charge in [0.05, 0.1) is 0 Å². The van der Waals surface area contributed by atoms with Crippen molar-refractivity contribution in [2.45, 2.75) is 47.1 Å². The predicted molar refractivity (Wildman–Crippen MR) is 61.9 cm³/mol. The number of ketones is 1. The van der Waals surface area contributed by atoms with E-state index in [-0.39, 0.29) is 29.2 Å². The summed E-state index contributed by atoms with van der Waals surface area (Å²) in [6.07, 6.45) is 2.41. The van der Waals surface area contributed by atoms with Gasteiger partial charge >= 0.3 is 5.97 Å². The largest absolute Gasteiger partial charge is 0.458 e. The number of esters is 1. The van der Waals surface area contributed by atoms with Crippen LogP contribution in [-0.2, 0) is 14.3 Å². The fraction of sp³-hybridized carbons (Fsp3) is 0.692. The summed E-state index contributed by atoms with van der Waals surface area (Å²) >= 11 is 0. The van der Waals surface area contributed by atoms with Crippen LogP contribution in [0.5, 0.6) is 0 Å². The molecular weight excluding hydrogens is 204 g/mol. The standard InChI is InChI=1S/C13H20O3/c1-8-6-11(16-10(3)15)7-13(4,5)12(8)9(2)14/h6,11-12H,7H2,1-5H3/t11?,12-/m0/s1. The lowest BCUT2D eigenvalue weighted by Gasteiger charge is -2.39. The molecule has 3 heteroatoms. The summed E-state index contributed by atoms with van der Waals surface area (Å²) in [7, 11) is 0. The van der Waals surface area contributed by atoms with Crippen LogP contribution in [0.1, 0.15) is 41.0 Å². The van der Waals surface area contributed by atoms with Crippen LogP contribution in [0.3, 0.4) is 0 Å². The highest BCUT2D eigenvalue weighted by Crippen LogP contribution is 2.42. The molecular formula is C13H20O3. The minimum atomic E-state index is -0.272. The van der Waals surface area contributed by atoms with E-state index in [0.717, 1.165) is 5.57 Å². The highest BCUT2D eigenvalue weighted by atomic mass is 16.5. The van der Waals surface area contributed by atoms with Gasteiger partial charge < -0.3 is 4.74 Å². The molecule has 16 heavy (non-hydrogen) atoms. The highest BCUT2D eigenvalue weighted by molar-refractivity contribution is 5.82. The zero-order chi connectivity index (χ0) is 12.5. The van der Waals surface area contributed by atoms with Crippen LogP contribution < -0.4 is 0 Å². The van der Waals surface area contributed by atoms with Gasteiger partial charge in [-0.15, -0.1) is 0 Å². The Labute approximate surface area is 96.9 Å². The van der Waals surface area contributed by atoms with Crippen LogP contribution >= 0.6 is 0 Å². The van der Waals surface area contributed by atoms with Crippen LogP contribution in [0.15, 0.2) is 11.6 Å². The minimum absolute atomic E-state index is 0.0562. The second-order valence-corrected chi connectivity index (χ2v) is 5.29. The first-order valence-electron chi connectivity index (χ1n) is 5.60. The van der Waals surface area contributed by atoms with E-state index in [1.54, 1.807) is 6.92 Å². The molecule has 1 unspecified atom stereocenters. The van der Waals surface area contributed by atoms with Crippen molar-refractivity contribution in [2.75, 3.05) is 0 Å². The van der Waals surface area contributed by atoms with E-state index in [4.69, 9.17) is 4.74 Å². The van der Waals surface area contributed by atoms with Crippen molar-refractivity contribution in [1.82, 2.24) is 0 Å². The number of allylic oxidation sites excluding steroid dienone is 1. The van der Waals surface area contributed by atoms with Gasteiger partial charge in [0.2, 0.25) is 0 Å². The Kier molecular flexibility index (Phi) is 3.56. The molecule has 0 saturated carbocycles. The van der Waals surface area contributed by atoms with Gasteiger partial charge in [0, 0.05) is 12.8 Å². The number of ether oxygens (including phenoxy) is 1. The topological polar surface area (TPSA) is 43.4 Å². The van der Waals surface area contributed by atoms with Crippen molar-refractivity contribution >= 4 is 11.8 Å². The normalized spacial score (nSPS) is 28.2. The van der Waals surface area contributed by atoms with E-state index in [1.807, 2.05) is 26.8 Å². The van der Waals surface area contributed by atoms with Gasteiger partial charge in [0.25, 0.3) is 0 Å². The third-order valence-corrected chi connectivity index (χ3v) is 3.14. The molecule has 3 nitrogen and oxygen atoms in total. The van der Waals surface area contributed by atoms with Gasteiger partial charge in [-0.2, -0.15) is 0 Å². The van der Waals surface area contributed by atoms with Crippen molar-refractivity contribution in [1.29, 1.82) is 0 Å². The number of carbonyl (C=O) groups excluding carboxylic acids is 2. The number of hydrogen-bond acceptors (Lipinski definition) is 3. The van der Waals surface area contributed by atoms with E-state index in [0.29, 0.717) is 6.42 Å². The van der Waals surface area contributed by atoms with Crippen LogP contribution in [0, 0.1) is 11.3 Å². The predicted octanol–water partition coefficient (Wildman–Crippen LogP) is 2.50. The van der Waals surface area contributed by atoms with Crippen molar-refractivity contribution in [3.8, 4) is 0 Å². The van der Waals surface area contributed by atoms with Crippen LogP contribution in [-0.4, -0.2) is 17.9 Å². The molecule has 0 heterocycles. The summed E-state index contributed by atoms with van der Waals surface area (Å²) in [5.74, 6) is -0.148. The number of carbonyl (C=O) groups is 2. The molecule has 1 aliphatic rings. The molecule has 0 aromatic heterocycles. The molecule has 0 fully saturated rings. The lowest BCUT2D eigenvalue weighted by Crippen LogP contribution is -2.38. The van der Waals surface area contributed by atoms with Gasteiger partial charge in [-0.05, 0) is 31.8 Å². The Morgan fingerprint density at radius 1 is 1.38 bits per heavy atom. The summed E-state index contributed by atoms with van der Waals surface area (Å²) < 4.78 is 5.20. The number of rotatable bonds is 2. The van der Waals surface area contributed by atoms with Crippen LogP contribution in [0.4, 0.5) is 0 Å². The minimum Gasteiger partial charge on any atom is -0.458 e. The van der Waals surface area contributed by atoms with E-state index < -0.39 is 0 Å². The lowest BCUT2D eigenvalue weighted by atomic mass is 9.66.